The van der Waals surface area contributed by atoms with Crippen LogP contribution in [0.3, 0.4) is 0 Å². The zero-order chi connectivity index (χ0) is 86.1. The highest BCUT2D eigenvalue weighted by Crippen LogP contribution is 2.51. The summed E-state index contributed by atoms with van der Waals surface area (Å²) in [6.45, 7) is 7.04. The Kier molecular flexibility index (Phi) is 29.1. The van der Waals surface area contributed by atoms with Crippen LogP contribution in [0.4, 0.5) is 0 Å². The molecular formula is C114H108S10. The Hall–Kier alpha value is -8.20. The van der Waals surface area contributed by atoms with E-state index >= 15 is 0 Å². The molecule has 10 heteroatoms. The van der Waals surface area contributed by atoms with Crippen LogP contribution >= 0.6 is 126 Å². The lowest BCUT2D eigenvalue weighted by Gasteiger charge is -2.35. The Morgan fingerprint density at radius 3 is 0.750 bits per heavy atom. The molecule has 0 aromatic heterocycles. The first-order valence-electron chi connectivity index (χ1n) is 43.8. The lowest BCUT2D eigenvalue weighted by atomic mass is 9.69. The Balaban J connectivity index is 0.000000138. The van der Waals surface area contributed by atoms with E-state index in [4.69, 9.17) is 101 Å². The predicted octanol–water partition coefficient (Wildman–Crippen LogP) is 34.2. The van der Waals surface area contributed by atoms with E-state index in [9.17, 15) is 0 Å². The molecule has 0 radical (unpaired) electrons. The van der Waals surface area contributed by atoms with Crippen LogP contribution in [0.25, 0.3) is 66.8 Å². The fourth-order valence-electron chi connectivity index (χ4n) is 19.5. The van der Waals surface area contributed by atoms with Gasteiger partial charge in [-0.15, -0.1) is 126 Å². The van der Waals surface area contributed by atoms with Crippen molar-refractivity contribution in [1.82, 2.24) is 0 Å². The van der Waals surface area contributed by atoms with Crippen LogP contribution in [0.2, 0.25) is 0 Å². The highest BCUT2D eigenvalue weighted by atomic mass is 32.1. The molecule has 3 aliphatic carbocycles. The second kappa shape index (κ2) is 40.4. The number of rotatable bonds is 18. The van der Waals surface area contributed by atoms with Crippen molar-refractivity contribution < 1.29 is 0 Å². The first-order chi connectivity index (χ1) is 60.2. The lowest BCUT2D eigenvalue weighted by molar-refractivity contribution is 0.443. The second-order valence-corrected chi connectivity index (χ2v) is 39.4. The van der Waals surface area contributed by atoms with Gasteiger partial charge in [0.1, 0.15) is 0 Å². The summed E-state index contributed by atoms with van der Waals surface area (Å²) in [5.74, 6) is 2.02. The van der Waals surface area contributed by atoms with Crippen LogP contribution in [0.1, 0.15) is 202 Å². The topological polar surface area (TPSA) is 0 Å². The third-order valence-electron chi connectivity index (χ3n) is 27.0. The molecule has 0 atom stereocenters. The minimum atomic E-state index is -0.502. The van der Waals surface area contributed by atoms with Crippen molar-refractivity contribution in [2.24, 2.45) is 0 Å². The van der Waals surface area contributed by atoms with Gasteiger partial charge in [0.25, 0.3) is 0 Å². The lowest BCUT2D eigenvalue weighted by Crippen LogP contribution is -2.27. The molecule has 3 saturated carbocycles. The third-order valence-corrected chi connectivity index (χ3v) is 30.7. The third kappa shape index (κ3) is 19.6. The van der Waals surface area contributed by atoms with E-state index in [1.807, 2.05) is 48.5 Å². The molecule has 624 valence electrons. The van der Waals surface area contributed by atoms with Crippen LogP contribution in [0, 0.1) is 0 Å². The number of hydrogen-bond acceptors (Lipinski definition) is 10. The molecule has 15 aromatic carbocycles. The fraction of sp³-hybridized carbons (Fsp3) is 0.211. The van der Waals surface area contributed by atoms with Crippen molar-refractivity contribution in [1.29, 1.82) is 0 Å². The van der Waals surface area contributed by atoms with Gasteiger partial charge in [-0.1, -0.05) is 288 Å². The molecule has 0 saturated heterocycles. The van der Waals surface area contributed by atoms with E-state index in [-0.39, 0.29) is 5.41 Å². The molecule has 0 N–H and O–H groups in total. The molecule has 0 heterocycles. The zero-order valence-corrected chi connectivity index (χ0v) is 79.6. The second-order valence-electron chi connectivity index (χ2n) is 34.5. The number of benzene rings is 15. The zero-order valence-electron chi connectivity index (χ0n) is 70.6. The molecular weight excluding hydrogens is 1690 g/mol. The van der Waals surface area contributed by atoms with E-state index in [1.165, 1.54) is 163 Å². The summed E-state index contributed by atoms with van der Waals surface area (Å²) in [6.07, 6.45) is 19.9. The van der Waals surface area contributed by atoms with Crippen LogP contribution in [0.5, 0.6) is 0 Å². The minimum Gasteiger partial charge on any atom is -0.143 e. The predicted molar refractivity (Wildman–Crippen MR) is 557 cm³/mol. The van der Waals surface area contributed by atoms with Crippen molar-refractivity contribution >= 4 is 126 Å². The van der Waals surface area contributed by atoms with Gasteiger partial charge in [0.15, 0.2) is 0 Å². The molecule has 0 spiro atoms. The van der Waals surface area contributed by atoms with Gasteiger partial charge in [0.2, 0.25) is 0 Å². The van der Waals surface area contributed by atoms with E-state index in [2.05, 4.69) is 337 Å². The highest BCUT2D eigenvalue weighted by molar-refractivity contribution is 7.82. The Bertz CT molecular complexity index is 5900. The first-order valence-corrected chi connectivity index (χ1v) is 48.3. The van der Waals surface area contributed by atoms with Crippen molar-refractivity contribution in [3.8, 4) is 66.8 Å². The molecule has 0 unspecified atom stereocenters. The number of thiol groups is 10. The molecule has 124 heavy (non-hydrogen) atoms. The maximum atomic E-state index is 5.07. The summed E-state index contributed by atoms with van der Waals surface area (Å²) < 4.78 is 0. The minimum absolute atomic E-state index is 0.374. The highest BCUT2D eigenvalue weighted by Gasteiger charge is 2.38. The van der Waals surface area contributed by atoms with E-state index < -0.39 is 10.8 Å². The number of hydrogen-bond donors (Lipinski definition) is 10. The Labute approximate surface area is 792 Å². The van der Waals surface area contributed by atoms with Crippen LogP contribution < -0.4 is 0 Å². The van der Waals surface area contributed by atoms with E-state index in [0.717, 1.165) is 116 Å². The van der Waals surface area contributed by atoms with Crippen molar-refractivity contribution in [3.05, 3.63) is 406 Å². The summed E-state index contributed by atoms with van der Waals surface area (Å²) in [5.41, 5.74) is 27.7. The molecule has 0 nitrogen and oxygen atoms in total. The van der Waals surface area contributed by atoms with Crippen molar-refractivity contribution in [2.45, 2.75) is 200 Å². The molecule has 0 bridgehead atoms. The maximum absolute atomic E-state index is 5.07. The van der Waals surface area contributed by atoms with Gasteiger partial charge in [0, 0.05) is 65.2 Å². The maximum Gasteiger partial charge on any atom is 0.0445 e. The molecule has 0 amide bonds. The van der Waals surface area contributed by atoms with Crippen molar-refractivity contribution in [3.63, 3.8) is 0 Å². The summed E-state index contributed by atoms with van der Waals surface area (Å²) in [7, 11) is 0. The Morgan fingerprint density at radius 1 is 0.185 bits per heavy atom. The largest absolute Gasteiger partial charge is 0.143 e. The smallest absolute Gasteiger partial charge is 0.0445 e. The SMILES string of the molecule is CC(c1ccc(C2CCCCC2)cc1)(c1cc(-c2ccc(S)cc2)ccc1S)c1cc(-c2ccc(S)cc2)ccc1S.CC(c1ccc(C2CCCCC2)cc1)(c1ccc(S)c(-c2ccccc2)c1)c1ccc(S)c(-c2ccccc2)c1.CC(c1ccc(C2CCCCC2)cc1)(c1ccc(S)c(-c2ccccc2S)c1)c1ccc(S)c(-c2ccccc2S)c1. The average Bonchev–Trinajstić information content (AvgIpc) is 0.752. The van der Waals surface area contributed by atoms with Crippen LogP contribution in [-0.4, -0.2) is 0 Å². The normalized spacial score (nSPS) is 14.2. The molecule has 18 rings (SSSR count). The van der Waals surface area contributed by atoms with Gasteiger partial charge >= 0.3 is 0 Å². The fourth-order valence-corrected chi connectivity index (χ4v) is 22.1. The van der Waals surface area contributed by atoms with E-state index in [1.54, 1.807) is 0 Å². The van der Waals surface area contributed by atoms with Gasteiger partial charge in [-0.05, 0) is 320 Å². The van der Waals surface area contributed by atoms with E-state index in [0.29, 0.717) is 17.8 Å². The summed E-state index contributed by atoms with van der Waals surface area (Å²) in [5, 5.41) is 0. The Morgan fingerprint density at radius 2 is 0.435 bits per heavy atom. The van der Waals surface area contributed by atoms with Gasteiger partial charge < -0.3 is 0 Å². The molecule has 3 aliphatic rings. The van der Waals surface area contributed by atoms with Gasteiger partial charge in [0.05, 0.1) is 0 Å². The monoisotopic (exact) mass is 1800 g/mol. The van der Waals surface area contributed by atoms with Gasteiger partial charge in [-0.2, -0.15) is 0 Å². The first kappa shape index (κ1) is 89.2. The van der Waals surface area contributed by atoms with Crippen LogP contribution in [-0.2, 0) is 16.2 Å². The molecule has 0 aliphatic heterocycles. The molecule has 15 aromatic rings. The van der Waals surface area contributed by atoms with Gasteiger partial charge in [-0.3, -0.25) is 0 Å². The molecule has 3 fully saturated rings. The van der Waals surface area contributed by atoms with Crippen LogP contribution in [0.15, 0.2) is 389 Å². The van der Waals surface area contributed by atoms with Gasteiger partial charge in [-0.25, -0.2) is 0 Å². The summed E-state index contributed by atoms with van der Waals surface area (Å²) in [4.78, 5) is 9.55. The quantitative estimate of drug-likeness (QED) is 0.0294. The standard InChI is InChI=1S/2C38H36S4.C38H36S2/c1-38(27-17-15-26(16-18-27)25-9-3-2-4-10-25,28-19-21-36(41)32(23-28)30-11-5-7-13-34(30)39)29-20-22-37(42)33(24-29)31-12-6-8-14-35(31)40;1-38(31-15-7-26(8-16-31)25-5-3-2-4-6-25,34-23-29(13-21-36(34)41)27-9-17-32(39)18-10-27)35-24-30(14-22-37(35)42)28-11-19-33(40)20-12-28;1-38(31-19-17-28(18-20-31)27-11-5-2-6-12-27,32-21-23-36(39)34(25-32)29-13-7-3-8-14-29)33-22-24-37(40)35(26-33)30-15-9-4-10-16-30/h5-8,11-25,39-42H,2-4,9-10H2,1H3;7-25,39-42H,2-6H2,1H3;3-4,7-10,13-27,39-40H,2,5-6,11-12H2,1H3. The average molecular weight is 1800 g/mol. The summed E-state index contributed by atoms with van der Waals surface area (Å²) >= 11 is 48.2. The summed E-state index contributed by atoms with van der Waals surface area (Å²) in [6, 6.07) is 123. The van der Waals surface area contributed by atoms with Crippen molar-refractivity contribution in [2.75, 3.05) is 0 Å².